The molecule has 0 aliphatic rings. The Hall–Kier alpha value is -3.21. The number of aryl methyl sites for hydroxylation is 1. The maximum absolute atomic E-state index is 10.5. The zero-order valence-electron chi connectivity index (χ0n) is 12.7. The van der Waals surface area contributed by atoms with Gasteiger partial charge in [0.25, 0.3) is 0 Å². The topological polar surface area (TPSA) is 80.4 Å². The molecule has 5 nitrogen and oxygen atoms in total. The Morgan fingerprint density at radius 2 is 2.00 bits per heavy atom. The van der Waals surface area contributed by atoms with Gasteiger partial charge >= 0.3 is 0 Å². The number of amides is 1. The molecule has 0 radical (unpaired) electrons. The fourth-order valence-corrected chi connectivity index (χ4v) is 2.42. The molecule has 3 aromatic rings. The van der Waals surface area contributed by atoms with Crippen LogP contribution in [0.3, 0.4) is 0 Å². The minimum absolute atomic E-state index is 0.0477. The van der Waals surface area contributed by atoms with Crippen LogP contribution in [0.4, 0.5) is 5.69 Å². The number of hydrogen-bond donors (Lipinski definition) is 2. The molecule has 3 N–H and O–H groups in total. The van der Waals surface area contributed by atoms with E-state index in [0.29, 0.717) is 12.1 Å². The summed E-state index contributed by atoms with van der Waals surface area (Å²) >= 11 is 0. The summed E-state index contributed by atoms with van der Waals surface area (Å²) in [4.78, 5) is 19.5. The lowest BCUT2D eigenvalue weighted by atomic mass is 10.1. The third-order valence-corrected chi connectivity index (χ3v) is 3.46. The average molecular weight is 304 g/mol. The van der Waals surface area contributed by atoms with E-state index < -0.39 is 0 Å². The highest BCUT2D eigenvalue weighted by molar-refractivity contribution is 5.97. The summed E-state index contributed by atoms with van der Waals surface area (Å²) in [6.45, 7) is 2.04. The summed E-state index contributed by atoms with van der Waals surface area (Å²) in [7, 11) is 0. The lowest BCUT2D eigenvalue weighted by Crippen LogP contribution is -2.29. The first-order valence-corrected chi connectivity index (χ1v) is 7.18. The minimum Gasteiger partial charge on any atom is -0.369 e. The third kappa shape index (κ3) is 3.18. The van der Waals surface area contributed by atoms with Crippen molar-refractivity contribution in [2.24, 2.45) is 10.7 Å². The molecule has 1 amide bonds. The Balaban J connectivity index is 2.21. The molecule has 0 spiro atoms. The van der Waals surface area contributed by atoms with E-state index in [0.717, 1.165) is 27.7 Å². The molecular formula is C18H16N4O. The van der Waals surface area contributed by atoms with Gasteiger partial charge < -0.3 is 5.73 Å². The van der Waals surface area contributed by atoms with E-state index in [1.807, 2.05) is 55.5 Å². The van der Waals surface area contributed by atoms with Crippen molar-refractivity contribution < 1.29 is 4.79 Å². The monoisotopic (exact) mass is 304 g/mol. The molecule has 0 atom stereocenters. The van der Waals surface area contributed by atoms with Crippen LogP contribution in [0.1, 0.15) is 5.56 Å². The third-order valence-electron chi connectivity index (χ3n) is 3.46. The molecule has 114 valence electrons. The largest absolute Gasteiger partial charge is 0.369 e. The van der Waals surface area contributed by atoms with Gasteiger partial charge in [-0.3, -0.25) is 10.1 Å². The minimum atomic E-state index is 0.0477. The molecule has 23 heavy (non-hydrogen) atoms. The first-order chi connectivity index (χ1) is 11.2. The number of nitrogens with two attached hydrogens (primary N) is 1. The highest BCUT2D eigenvalue weighted by Crippen LogP contribution is 2.30. The van der Waals surface area contributed by atoms with E-state index in [-0.39, 0.29) is 5.96 Å². The van der Waals surface area contributed by atoms with Gasteiger partial charge in [0, 0.05) is 10.9 Å². The molecule has 0 aliphatic carbocycles. The number of fused-ring (bicyclic) bond motifs is 1. The lowest BCUT2D eigenvalue weighted by Gasteiger charge is -2.08. The highest BCUT2D eigenvalue weighted by Gasteiger charge is 2.07. The number of guanidine groups is 1. The predicted octanol–water partition coefficient (Wildman–Crippen LogP) is 2.90. The number of aliphatic imine (C=N–C) groups is 1. The molecule has 0 fully saturated rings. The van der Waals surface area contributed by atoms with Crippen molar-refractivity contribution in [2.45, 2.75) is 6.92 Å². The van der Waals surface area contributed by atoms with Gasteiger partial charge in [0.05, 0.1) is 16.9 Å². The van der Waals surface area contributed by atoms with Crippen LogP contribution < -0.4 is 11.1 Å². The number of pyridine rings is 1. The zero-order valence-corrected chi connectivity index (χ0v) is 12.7. The Labute approximate surface area is 133 Å². The van der Waals surface area contributed by atoms with Crippen molar-refractivity contribution in [2.75, 3.05) is 0 Å². The Bertz CT molecular complexity index is 902. The van der Waals surface area contributed by atoms with Gasteiger partial charge in [-0.2, -0.15) is 0 Å². The van der Waals surface area contributed by atoms with Crippen LogP contribution >= 0.6 is 0 Å². The van der Waals surface area contributed by atoms with Gasteiger partial charge in [0.15, 0.2) is 5.96 Å². The smallest absolute Gasteiger partial charge is 0.213 e. The number of nitrogens with zero attached hydrogens (tertiary/aromatic N) is 2. The summed E-state index contributed by atoms with van der Waals surface area (Å²) in [5.74, 6) is 0.0477. The molecule has 2 aromatic carbocycles. The molecule has 0 bridgehead atoms. The SMILES string of the molecule is Cc1cccc(-c2cc(N=C(N)NC=O)c3ccccc3n2)c1. The summed E-state index contributed by atoms with van der Waals surface area (Å²) in [5.41, 5.74) is 10.2. The maximum Gasteiger partial charge on any atom is 0.213 e. The van der Waals surface area contributed by atoms with Crippen LogP contribution in [0, 0.1) is 6.92 Å². The van der Waals surface area contributed by atoms with Crippen LogP contribution in [-0.4, -0.2) is 17.4 Å². The van der Waals surface area contributed by atoms with Gasteiger partial charge in [-0.25, -0.2) is 9.98 Å². The normalized spacial score (nSPS) is 11.4. The van der Waals surface area contributed by atoms with Gasteiger partial charge in [-0.15, -0.1) is 0 Å². The number of benzene rings is 2. The van der Waals surface area contributed by atoms with Gasteiger partial charge in [-0.05, 0) is 25.1 Å². The van der Waals surface area contributed by atoms with E-state index in [9.17, 15) is 4.79 Å². The highest BCUT2D eigenvalue weighted by atomic mass is 16.1. The van der Waals surface area contributed by atoms with Crippen LogP contribution in [0.2, 0.25) is 0 Å². The first kappa shape index (κ1) is 14.7. The summed E-state index contributed by atoms with van der Waals surface area (Å²) in [6.07, 6.45) is 0.504. The van der Waals surface area contributed by atoms with E-state index in [1.54, 1.807) is 0 Å². The second-order valence-corrected chi connectivity index (χ2v) is 5.17. The van der Waals surface area contributed by atoms with Crippen molar-refractivity contribution >= 4 is 29.0 Å². The Morgan fingerprint density at radius 3 is 2.78 bits per heavy atom. The number of hydrogen-bond acceptors (Lipinski definition) is 3. The zero-order chi connectivity index (χ0) is 16.2. The van der Waals surface area contributed by atoms with Crippen molar-refractivity contribution in [1.82, 2.24) is 10.3 Å². The van der Waals surface area contributed by atoms with Gasteiger partial charge in [-0.1, -0.05) is 42.0 Å². The number of carbonyl (C=O) groups is 1. The Kier molecular flexibility index (Phi) is 4.01. The second kappa shape index (κ2) is 6.27. The summed E-state index contributed by atoms with van der Waals surface area (Å²) < 4.78 is 0. The number of para-hydroxylation sites is 1. The number of carbonyl (C=O) groups excluding carboxylic acids is 1. The van der Waals surface area contributed by atoms with Crippen molar-refractivity contribution in [1.29, 1.82) is 0 Å². The molecule has 3 rings (SSSR count). The lowest BCUT2D eigenvalue weighted by molar-refractivity contribution is -0.108. The maximum atomic E-state index is 10.5. The molecule has 0 aliphatic heterocycles. The van der Waals surface area contributed by atoms with E-state index in [2.05, 4.69) is 16.4 Å². The quantitative estimate of drug-likeness (QED) is 0.443. The number of nitrogens with one attached hydrogen (secondary N) is 1. The fraction of sp³-hybridized carbons (Fsp3) is 0.0556. The molecular weight excluding hydrogens is 288 g/mol. The molecule has 1 heterocycles. The van der Waals surface area contributed by atoms with E-state index in [4.69, 9.17) is 10.7 Å². The van der Waals surface area contributed by atoms with Gasteiger partial charge in [0.2, 0.25) is 6.41 Å². The fourth-order valence-electron chi connectivity index (χ4n) is 2.42. The molecule has 5 heteroatoms. The van der Waals surface area contributed by atoms with Crippen molar-refractivity contribution in [3.8, 4) is 11.3 Å². The van der Waals surface area contributed by atoms with Crippen LogP contribution in [0.25, 0.3) is 22.2 Å². The van der Waals surface area contributed by atoms with Crippen LogP contribution in [0.15, 0.2) is 59.6 Å². The standard InChI is InChI=1S/C18H16N4O/c1-12-5-4-6-13(9-12)16-10-17(22-18(19)20-11-23)14-7-2-3-8-15(14)21-16/h2-11H,1H3,(H3,19,20,21,22,23). The molecule has 0 saturated heterocycles. The molecule has 0 unspecified atom stereocenters. The number of aromatic nitrogens is 1. The van der Waals surface area contributed by atoms with E-state index in [1.165, 1.54) is 0 Å². The molecule has 1 aromatic heterocycles. The molecule has 0 saturated carbocycles. The first-order valence-electron chi connectivity index (χ1n) is 7.18. The predicted molar refractivity (Wildman–Crippen MR) is 92.4 cm³/mol. The van der Waals surface area contributed by atoms with Crippen molar-refractivity contribution in [3.63, 3.8) is 0 Å². The number of rotatable bonds is 3. The van der Waals surface area contributed by atoms with Gasteiger partial charge in [0.1, 0.15) is 0 Å². The van der Waals surface area contributed by atoms with Crippen molar-refractivity contribution in [3.05, 3.63) is 60.2 Å². The second-order valence-electron chi connectivity index (χ2n) is 5.17. The summed E-state index contributed by atoms with van der Waals surface area (Å²) in [5, 5.41) is 3.23. The van der Waals surface area contributed by atoms with Crippen LogP contribution in [-0.2, 0) is 4.79 Å². The average Bonchev–Trinajstić information content (AvgIpc) is 2.55. The van der Waals surface area contributed by atoms with Crippen LogP contribution in [0.5, 0.6) is 0 Å². The Morgan fingerprint density at radius 1 is 1.17 bits per heavy atom. The summed E-state index contributed by atoms with van der Waals surface area (Å²) in [6, 6.07) is 17.7. The van der Waals surface area contributed by atoms with E-state index >= 15 is 0 Å².